The van der Waals surface area contributed by atoms with Crippen LogP contribution in [0.25, 0.3) is 0 Å². The Kier molecular flexibility index (Phi) is 2.47. The highest BCUT2D eigenvalue weighted by molar-refractivity contribution is 5.16. The lowest BCUT2D eigenvalue weighted by atomic mass is 10.3. The van der Waals surface area contributed by atoms with E-state index in [0.29, 0.717) is 32.3 Å². The van der Waals surface area contributed by atoms with Crippen LogP contribution in [0.3, 0.4) is 0 Å². The van der Waals surface area contributed by atoms with E-state index in [2.05, 4.69) is 4.98 Å². The van der Waals surface area contributed by atoms with Gasteiger partial charge < -0.3 is 19.8 Å². The van der Waals surface area contributed by atoms with Gasteiger partial charge in [0, 0.05) is 12.4 Å². The zero-order chi connectivity index (χ0) is 9.10. The normalized spacial score (nSPS) is 23.2. The third-order valence-electron chi connectivity index (χ3n) is 2.03. The fourth-order valence-corrected chi connectivity index (χ4v) is 1.36. The summed E-state index contributed by atoms with van der Waals surface area (Å²) in [6, 6.07) is 0. The Morgan fingerprint density at radius 3 is 3.15 bits per heavy atom. The lowest BCUT2D eigenvalue weighted by Gasteiger charge is -2.23. The molecule has 0 aliphatic carbocycles. The molecule has 1 saturated heterocycles. The molecule has 1 fully saturated rings. The zero-order valence-electron chi connectivity index (χ0n) is 7.35. The topological polar surface area (TPSA) is 62.3 Å². The molecule has 2 rings (SSSR count). The van der Waals surface area contributed by atoms with Gasteiger partial charge in [0.15, 0.2) is 5.95 Å². The predicted molar refractivity (Wildman–Crippen MR) is 47.2 cm³/mol. The second-order valence-electron chi connectivity index (χ2n) is 3.01. The van der Waals surface area contributed by atoms with Crippen molar-refractivity contribution < 1.29 is 9.47 Å². The Morgan fingerprint density at radius 1 is 1.62 bits per heavy atom. The summed E-state index contributed by atoms with van der Waals surface area (Å²) >= 11 is 0. The van der Waals surface area contributed by atoms with E-state index in [4.69, 9.17) is 15.2 Å². The number of nitrogens with zero attached hydrogens (tertiary/aromatic N) is 2. The lowest BCUT2D eigenvalue weighted by molar-refractivity contribution is -0.0934. The first-order valence-electron chi connectivity index (χ1n) is 4.32. The van der Waals surface area contributed by atoms with Crippen molar-refractivity contribution in [1.29, 1.82) is 0 Å². The van der Waals surface area contributed by atoms with Crippen LogP contribution in [-0.2, 0) is 16.0 Å². The summed E-state index contributed by atoms with van der Waals surface area (Å²) in [5.74, 6) is 0.522. The van der Waals surface area contributed by atoms with Crippen molar-refractivity contribution in [1.82, 2.24) is 9.55 Å². The quantitative estimate of drug-likeness (QED) is 0.694. The molecule has 5 nitrogen and oxygen atoms in total. The van der Waals surface area contributed by atoms with E-state index in [1.807, 2.05) is 10.8 Å². The van der Waals surface area contributed by atoms with Gasteiger partial charge in [0.1, 0.15) is 0 Å². The van der Waals surface area contributed by atoms with Crippen molar-refractivity contribution in [2.75, 3.05) is 25.6 Å². The van der Waals surface area contributed by atoms with Gasteiger partial charge in [-0.15, -0.1) is 0 Å². The Labute approximate surface area is 76.5 Å². The summed E-state index contributed by atoms with van der Waals surface area (Å²) in [7, 11) is 0. The summed E-state index contributed by atoms with van der Waals surface area (Å²) in [4.78, 5) is 3.93. The first kappa shape index (κ1) is 8.52. The second-order valence-corrected chi connectivity index (χ2v) is 3.01. The molecular weight excluding hydrogens is 170 g/mol. The average molecular weight is 183 g/mol. The number of rotatable bonds is 2. The first-order chi connectivity index (χ1) is 6.36. The molecule has 1 aromatic rings. The number of imidazole rings is 1. The van der Waals surface area contributed by atoms with Crippen LogP contribution in [0.5, 0.6) is 0 Å². The first-order valence-corrected chi connectivity index (χ1v) is 4.32. The second kappa shape index (κ2) is 3.76. The minimum Gasteiger partial charge on any atom is -0.376 e. The van der Waals surface area contributed by atoms with E-state index in [1.165, 1.54) is 0 Å². The van der Waals surface area contributed by atoms with Gasteiger partial charge in [0.05, 0.1) is 32.5 Å². The molecule has 0 aromatic carbocycles. The molecule has 0 bridgehead atoms. The Hall–Kier alpha value is -1.07. The standard InChI is InChI=1S/C8H13N3O2/c9-8-10-1-2-11(8)5-7-6-12-3-4-13-7/h1-2,7H,3-6H2,(H2,9,10). The average Bonchev–Trinajstić information content (AvgIpc) is 2.54. The molecule has 1 atom stereocenters. The molecular formula is C8H13N3O2. The molecule has 0 saturated carbocycles. The van der Waals surface area contributed by atoms with Crippen LogP contribution in [0.1, 0.15) is 0 Å². The molecule has 0 amide bonds. The SMILES string of the molecule is Nc1nccn1CC1COCCO1. The van der Waals surface area contributed by atoms with Gasteiger partial charge in [0.25, 0.3) is 0 Å². The lowest BCUT2D eigenvalue weighted by Crippen LogP contribution is -2.32. The van der Waals surface area contributed by atoms with E-state index in [0.717, 1.165) is 0 Å². The van der Waals surface area contributed by atoms with Crippen LogP contribution >= 0.6 is 0 Å². The van der Waals surface area contributed by atoms with Gasteiger partial charge in [-0.25, -0.2) is 4.98 Å². The number of ether oxygens (including phenoxy) is 2. The number of hydrogen-bond donors (Lipinski definition) is 1. The van der Waals surface area contributed by atoms with Gasteiger partial charge >= 0.3 is 0 Å². The largest absolute Gasteiger partial charge is 0.376 e. The van der Waals surface area contributed by atoms with Crippen molar-refractivity contribution in [2.45, 2.75) is 12.6 Å². The van der Waals surface area contributed by atoms with Gasteiger partial charge in [0.2, 0.25) is 0 Å². The number of anilines is 1. The monoisotopic (exact) mass is 183 g/mol. The highest BCUT2D eigenvalue weighted by Gasteiger charge is 2.15. The fraction of sp³-hybridized carbons (Fsp3) is 0.625. The smallest absolute Gasteiger partial charge is 0.200 e. The van der Waals surface area contributed by atoms with E-state index >= 15 is 0 Å². The Bertz CT molecular complexity index is 268. The van der Waals surface area contributed by atoms with Crippen LogP contribution < -0.4 is 5.73 Å². The minimum atomic E-state index is 0.102. The number of nitrogen functional groups attached to an aromatic ring is 1. The van der Waals surface area contributed by atoms with Crippen molar-refractivity contribution in [3.05, 3.63) is 12.4 Å². The maximum Gasteiger partial charge on any atom is 0.200 e. The van der Waals surface area contributed by atoms with Crippen molar-refractivity contribution in [3.8, 4) is 0 Å². The van der Waals surface area contributed by atoms with Crippen LogP contribution in [0.4, 0.5) is 5.95 Å². The Balaban J connectivity index is 1.93. The third-order valence-corrected chi connectivity index (χ3v) is 2.03. The van der Waals surface area contributed by atoms with Gasteiger partial charge in [-0.3, -0.25) is 0 Å². The van der Waals surface area contributed by atoms with E-state index in [1.54, 1.807) is 6.20 Å². The maximum absolute atomic E-state index is 5.61. The van der Waals surface area contributed by atoms with E-state index < -0.39 is 0 Å². The molecule has 2 N–H and O–H groups in total. The van der Waals surface area contributed by atoms with Gasteiger partial charge in [-0.05, 0) is 0 Å². The summed E-state index contributed by atoms with van der Waals surface area (Å²) in [6.07, 6.45) is 3.62. The zero-order valence-corrected chi connectivity index (χ0v) is 7.35. The van der Waals surface area contributed by atoms with Gasteiger partial charge in [-0.2, -0.15) is 0 Å². The van der Waals surface area contributed by atoms with Crippen molar-refractivity contribution >= 4 is 5.95 Å². The maximum atomic E-state index is 5.61. The Morgan fingerprint density at radius 2 is 2.54 bits per heavy atom. The van der Waals surface area contributed by atoms with Crippen LogP contribution in [0.15, 0.2) is 12.4 Å². The highest BCUT2D eigenvalue weighted by Crippen LogP contribution is 2.06. The number of aromatic nitrogens is 2. The molecule has 5 heteroatoms. The summed E-state index contributed by atoms with van der Waals surface area (Å²) in [6.45, 7) is 2.71. The minimum absolute atomic E-state index is 0.102. The summed E-state index contributed by atoms with van der Waals surface area (Å²) in [5.41, 5.74) is 5.61. The molecule has 1 aliphatic heterocycles. The van der Waals surface area contributed by atoms with Crippen molar-refractivity contribution in [3.63, 3.8) is 0 Å². The van der Waals surface area contributed by atoms with E-state index in [9.17, 15) is 0 Å². The van der Waals surface area contributed by atoms with Crippen LogP contribution in [-0.4, -0.2) is 35.5 Å². The molecule has 0 spiro atoms. The summed E-state index contributed by atoms with van der Waals surface area (Å²) < 4.78 is 12.6. The summed E-state index contributed by atoms with van der Waals surface area (Å²) in [5, 5.41) is 0. The van der Waals surface area contributed by atoms with Gasteiger partial charge in [-0.1, -0.05) is 0 Å². The molecule has 72 valence electrons. The van der Waals surface area contributed by atoms with Crippen LogP contribution in [0, 0.1) is 0 Å². The molecule has 13 heavy (non-hydrogen) atoms. The molecule has 1 aromatic heterocycles. The predicted octanol–water partition coefficient (Wildman–Crippen LogP) is -0.119. The highest BCUT2D eigenvalue weighted by atomic mass is 16.6. The number of nitrogens with two attached hydrogens (primary N) is 1. The van der Waals surface area contributed by atoms with Crippen molar-refractivity contribution in [2.24, 2.45) is 0 Å². The molecule has 0 radical (unpaired) electrons. The molecule has 1 aliphatic rings. The molecule has 2 heterocycles. The molecule has 1 unspecified atom stereocenters. The third kappa shape index (κ3) is 1.99. The fourth-order valence-electron chi connectivity index (χ4n) is 1.36. The number of hydrogen-bond acceptors (Lipinski definition) is 4. The van der Waals surface area contributed by atoms with Crippen LogP contribution in [0.2, 0.25) is 0 Å². The van der Waals surface area contributed by atoms with E-state index in [-0.39, 0.29) is 6.10 Å².